The van der Waals surface area contributed by atoms with Crippen LogP contribution >= 0.6 is 23.2 Å². The quantitative estimate of drug-likeness (QED) is 0.733. The van der Waals surface area contributed by atoms with Crippen molar-refractivity contribution in [2.24, 2.45) is 0 Å². The summed E-state index contributed by atoms with van der Waals surface area (Å²) >= 11 is 12.3. The number of nitrogens with two attached hydrogens (primary N) is 1. The second-order valence-electron chi connectivity index (χ2n) is 4.52. The number of nitrogen functional groups attached to an aromatic ring is 1. The van der Waals surface area contributed by atoms with Gasteiger partial charge in [-0.25, -0.2) is 0 Å². The highest BCUT2D eigenvalue weighted by atomic mass is 35.5. The molecule has 0 saturated heterocycles. The van der Waals surface area contributed by atoms with Crippen LogP contribution in [0.3, 0.4) is 0 Å². The van der Waals surface area contributed by atoms with E-state index >= 15 is 0 Å². The average Bonchev–Trinajstić information content (AvgIpc) is 2.94. The lowest BCUT2D eigenvalue weighted by molar-refractivity contribution is 0.791. The molecule has 21 heavy (non-hydrogen) atoms. The van der Waals surface area contributed by atoms with Gasteiger partial charge in [0.15, 0.2) is 5.82 Å². The molecule has 1 heterocycles. The summed E-state index contributed by atoms with van der Waals surface area (Å²) < 4.78 is 1.53. The van der Waals surface area contributed by atoms with E-state index in [0.717, 1.165) is 11.1 Å². The van der Waals surface area contributed by atoms with E-state index in [1.54, 1.807) is 18.2 Å². The number of rotatable bonds is 2. The normalized spacial score (nSPS) is 10.8. The molecule has 0 saturated carbocycles. The molecule has 7 heteroatoms. The molecule has 106 valence electrons. The Kier molecular flexibility index (Phi) is 3.53. The van der Waals surface area contributed by atoms with E-state index in [2.05, 4.69) is 15.5 Å². The monoisotopic (exact) mass is 319 g/mol. The van der Waals surface area contributed by atoms with Crippen LogP contribution in [0.1, 0.15) is 5.56 Å². The Bertz CT molecular complexity index is 747. The first-order valence-electron chi connectivity index (χ1n) is 6.18. The summed E-state index contributed by atoms with van der Waals surface area (Å²) in [6.07, 6.45) is 0. The molecule has 0 unspecified atom stereocenters. The summed E-state index contributed by atoms with van der Waals surface area (Å²) in [7, 11) is 0. The van der Waals surface area contributed by atoms with Crippen molar-refractivity contribution in [1.82, 2.24) is 20.2 Å². The fraction of sp³-hybridized carbons (Fsp3) is 0.0714. The first-order valence-corrected chi connectivity index (χ1v) is 6.93. The van der Waals surface area contributed by atoms with Crippen LogP contribution in [0.5, 0.6) is 0 Å². The SMILES string of the molecule is Cc1cccc(-c2nnnn2-c2cccc(Cl)c2Cl)c1N. The van der Waals surface area contributed by atoms with Gasteiger partial charge in [-0.05, 0) is 41.1 Å². The molecule has 0 amide bonds. The van der Waals surface area contributed by atoms with Crippen molar-refractivity contribution < 1.29 is 0 Å². The van der Waals surface area contributed by atoms with Crippen LogP contribution < -0.4 is 5.73 Å². The molecule has 3 rings (SSSR count). The van der Waals surface area contributed by atoms with E-state index in [1.807, 2.05) is 25.1 Å². The zero-order chi connectivity index (χ0) is 15.0. The van der Waals surface area contributed by atoms with Crippen LogP contribution in [0.2, 0.25) is 10.0 Å². The summed E-state index contributed by atoms with van der Waals surface area (Å²) in [5.74, 6) is 0.514. The molecule has 1 aromatic heterocycles. The summed E-state index contributed by atoms with van der Waals surface area (Å²) in [6.45, 7) is 1.93. The number of benzene rings is 2. The van der Waals surface area contributed by atoms with Gasteiger partial charge in [-0.15, -0.1) is 5.10 Å². The predicted molar refractivity (Wildman–Crippen MR) is 83.8 cm³/mol. The van der Waals surface area contributed by atoms with Gasteiger partial charge >= 0.3 is 0 Å². The van der Waals surface area contributed by atoms with Gasteiger partial charge in [-0.2, -0.15) is 4.68 Å². The smallest absolute Gasteiger partial charge is 0.189 e. The van der Waals surface area contributed by atoms with Gasteiger partial charge in [0.2, 0.25) is 0 Å². The molecule has 5 nitrogen and oxygen atoms in total. The molecule has 2 aromatic carbocycles. The zero-order valence-electron chi connectivity index (χ0n) is 11.1. The van der Waals surface area contributed by atoms with Crippen molar-refractivity contribution >= 4 is 28.9 Å². The molecule has 0 radical (unpaired) electrons. The highest BCUT2D eigenvalue weighted by Crippen LogP contribution is 2.32. The minimum Gasteiger partial charge on any atom is -0.398 e. The second kappa shape index (κ2) is 5.35. The largest absolute Gasteiger partial charge is 0.398 e. The van der Waals surface area contributed by atoms with Gasteiger partial charge in [0.25, 0.3) is 0 Å². The van der Waals surface area contributed by atoms with Crippen molar-refractivity contribution in [3.05, 3.63) is 52.0 Å². The number of nitrogens with zero attached hydrogens (tertiary/aromatic N) is 4. The molecule has 0 atom stereocenters. The van der Waals surface area contributed by atoms with Crippen LogP contribution in [-0.2, 0) is 0 Å². The van der Waals surface area contributed by atoms with E-state index < -0.39 is 0 Å². The Labute approximate surface area is 131 Å². The van der Waals surface area contributed by atoms with Gasteiger partial charge < -0.3 is 5.73 Å². The number of anilines is 1. The minimum absolute atomic E-state index is 0.388. The van der Waals surface area contributed by atoms with Gasteiger partial charge in [-0.3, -0.25) is 0 Å². The van der Waals surface area contributed by atoms with Crippen LogP contribution in [0.25, 0.3) is 17.1 Å². The first-order chi connectivity index (χ1) is 10.1. The van der Waals surface area contributed by atoms with Gasteiger partial charge in [0, 0.05) is 11.3 Å². The molecule has 2 N–H and O–H groups in total. The first kappa shape index (κ1) is 13.9. The Morgan fingerprint density at radius 1 is 1.10 bits per heavy atom. The van der Waals surface area contributed by atoms with Crippen molar-refractivity contribution in [1.29, 1.82) is 0 Å². The van der Waals surface area contributed by atoms with Crippen molar-refractivity contribution in [3.63, 3.8) is 0 Å². The Morgan fingerprint density at radius 3 is 2.67 bits per heavy atom. The number of hydrogen-bond donors (Lipinski definition) is 1. The number of hydrogen-bond acceptors (Lipinski definition) is 4. The van der Waals surface area contributed by atoms with Gasteiger partial charge in [0.1, 0.15) is 0 Å². The summed E-state index contributed by atoms with van der Waals surface area (Å²) in [4.78, 5) is 0. The molecule has 0 bridgehead atoms. The van der Waals surface area contributed by atoms with Gasteiger partial charge in [0.05, 0.1) is 15.7 Å². The van der Waals surface area contributed by atoms with Crippen LogP contribution in [-0.4, -0.2) is 20.2 Å². The molecule has 3 aromatic rings. The summed E-state index contributed by atoms with van der Waals surface area (Å²) in [5.41, 5.74) is 9.06. The third kappa shape index (κ3) is 2.34. The molecule has 0 aliphatic rings. The molecule has 0 spiro atoms. The maximum absolute atomic E-state index is 6.24. The van der Waals surface area contributed by atoms with E-state index in [-0.39, 0.29) is 0 Å². The van der Waals surface area contributed by atoms with E-state index in [4.69, 9.17) is 28.9 Å². The zero-order valence-corrected chi connectivity index (χ0v) is 12.6. The second-order valence-corrected chi connectivity index (χ2v) is 5.31. The number of aryl methyl sites for hydroxylation is 1. The fourth-order valence-corrected chi connectivity index (χ4v) is 2.42. The predicted octanol–water partition coefficient (Wildman–Crippen LogP) is 3.53. The third-order valence-corrected chi connectivity index (χ3v) is 4.00. The molecule has 0 aliphatic heterocycles. The number of para-hydroxylation sites is 1. The molecule has 0 fully saturated rings. The maximum Gasteiger partial charge on any atom is 0.189 e. The summed E-state index contributed by atoms with van der Waals surface area (Å²) in [5, 5.41) is 12.6. The van der Waals surface area contributed by atoms with Gasteiger partial charge in [-0.1, -0.05) is 41.4 Å². The standard InChI is InChI=1S/C14H11Cl2N5/c1-8-4-2-5-9(13(8)17)14-18-19-20-21(14)11-7-3-6-10(15)12(11)16/h2-7H,17H2,1H3. The third-order valence-electron chi connectivity index (χ3n) is 3.19. The minimum atomic E-state index is 0.388. The maximum atomic E-state index is 6.24. The average molecular weight is 320 g/mol. The molecular weight excluding hydrogens is 309 g/mol. The van der Waals surface area contributed by atoms with Crippen molar-refractivity contribution in [3.8, 4) is 17.1 Å². The van der Waals surface area contributed by atoms with E-state index in [9.17, 15) is 0 Å². The van der Waals surface area contributed by atoms with E-state index in [1.165, 1.54) is 4.68 Å². The molecular formula is C14H11Cl2N5. The van der Waals surface area contributed by atoms with Crippen LogP contribution in [0.15, 0.2) is 36.4 Å². The van der Waals surface area contributed by atoms with Crippen LogP contribution in [0.4, 0.5) is 5.69 Å². The lowest BCUT2D eigenvalue weighted by Gasteiger charge is -2.10. The number of aromatic nitrogens is 4. The number of tetrazole rings is 1. The number of halogens is 2. The van der Waals surface area contributed by atoms with Crippen molar-refractivity contribution in [2.45, 2.75) is 6.92 Å². The Morgan fingerprint density at radius 2 is 1.86 bits per heavy atom. The van der Waals surface area contributed by atoms with Crippen LogP contribution in [0, 0.1) is 6.92 Å². The highest BCUT2D eigenvalue weighted by Gasteiger charge is 2.17. The van der Waals surface area contributed by atoms with Crippen molar-refractivity contribution in [2.75, 3.05) is 5.73 Å². The topological polar surface area (TPSA) is 69.6 Å². The lowest BCUT2D eigenvalue weighted by atomic mass is 10.1. The highest BCUT2D eigenvalue weighted by molar-refractivity contribution is 6.43. The Balaban J connectivity index is 2.22. The molecule has 0 aliphatic carbocycles. The summed E-state index contributed by atoms with van der Waals surface area (Å²) in [6, 6.07) is 11.0. The Hall–Kier alpha value is -2.11. The van der Waals surface area contributed by atoms with E-state index in [0.29, 0.717) is 27.2 Å². The lowest BCUT2D eigenvalue weighted by Crippen LogP contribution is -2.03. The fourth-order valence-electron chi connectivity index (χ4n) is 2.05.